The van der Waals surface area contributed by atoms with Crippen molar-refractivity contribution in [1.82, 2.24) is 4.98 Å². The van der Waals surface area contributed by atoms with Gasteiger partial charge in [0.2, 0.25) is 0 Å². The molecule has 1 aromatic heterocycles. The molecule has 0 amide bonds. The molecule has 0 aliphatic rings. The molecule has 94 valence electrons. The van der Waals surface area contributed by atoms with Crippen molar-refractivity contribution in [1.29, 1.82) is 5.26 Å². The number of hydrogen-bond donors (Lipinski definition) is 1. The lowest BCUT2D eigenvalue weighted by Gasteiger charge is -2.08. The van der Waals surface area contributed by atoms with E-state index >= 15 is 0 Å². The van der Waals surface area contributed by atoms with Gasteiger partial charge in [-0.25, -0.2) is 9.78 Å². The van der Waals surface area contributed by atoms with Crippen LogP contribution < -0.4 is 5.73 Å². The summed E-state index contributed by atoms with van der Waals surface area (Å²) in [5.41, 5.74) is 5.96. The molecule has 0 aliphatic heterocycles. The van der Waals surface area contributed by atoms with Crippen LogP contribution in [0.5, 0.6) is 0 Å². The van der Waals surface area contributed by atoms with E-state index in [1.807, 2.05) is 6.07 Å². The van der Waals surface area contributed by atoms with Crippen molar-refractivity contribution < 1.29 is 14.3 Å². The van der Waals surface area contributed by atoms with Crippen LogP contribution in [-0.4, -0.2) is 16.9 Å². The van der Waals surface area contributed by atoms with Gasteiger partial charge in [-0.05, 0) is 6.07 Å². The number of anilines is 1. The summed E-state index contributed by atoms with van der Waals surface area (Å²) in [4.78, 5) is 26.8. The molecule has 0 saturated heterocycles. The van der Waals surface area contributed by atoms with E-state index in [0.29, 0.717) is 10.9 Å². The molecule has 0 fully saturated rings. The third-order valence-corrected chi connectivity index (χ3v) is 2.47. The van der Waals surface area contributed by atoms with Gasteiger partial charge in [0.1, 0.15) is 17.5 Å². The molecule has 0 unspecified atom stereocenters. The van der Waals surface area contributed by atoms with Gasteiger partial charge in [0.15, 0.2) is 0 Å². The number of pyridine rings is 1. The number of carbonyl (C=O) groups is 2. The highest BCUT2D eigenvalue weighted by Gasteiger charge is 2.21. The number of para-hydroxylation sites is 1. The van der Waals surface area contributed by atoms with Crippen LogP contribution in [0, 0.1) is 11.3 Å². The Morgan fingerprint density at radius 2 is 2.05 bits per heavy atom. The van der Waals surface area contributed by atoms with Crippen molar-refractivity contribution in [3.05, 3.63) is 35.4 Å². The van der Waals surface area contributed by atoms with Crippen molar-refractivity contribution in [3.8, 4) is 6.07 Å². The molecule has 0 spiro atoms. The molecule has 0 aliphatic carbocycles. The molecule has 6 heteroatoms. The van der Waals surface area contributed by atoms with Gasteiger partial charge in [0.05, 0.1) is 11.1 Å². The number of carbonyl (C=O) groups excluding carboxylic acids is 2. The first-order chi connectivity index (χ1) is 9.04. The van der Waals surface area contributed by atoms with Crippen molar-refractivity contribution >= 4 is 28.7 Å². The maximum Gasteiger partial charge on any atom is 0.347 e. The lowest BCUT2D eigenvalue weighted by Crippen LogP contribution is -2.13. The summed E-state index contributed by atoms with van der Waals surface area (Å²) in [5, 5.41) is 9.50. The predicted molar refractivity (Wildman–Crippen MR) is 67.0 cm³/mol. The number of aromatic nitrogens is 1. The Hall–Kier alpha value is -2.94. The van der Waals surface area contributed by atoms with Crippen LogP contribution in [0.1, 0.15) is 22.8 Å². The number of nitrogens with zero attached hydrogens (tertiary/aromatic N) is 2. The van der Waals surface area contributed by atoms with Gasteiger partial charge in [0.25, 0.3) is 0 Å². The summed E-state index contributed by atoms with van der Waals surface area (Å²) in [7, 11) is 0. The summed E-state index contributed by atoms with van der Waals surface area (Å²) in [5.74, 6) is -1.74. The van der Waals surface area contributed by atoms with E-state index in [2.05, 4.69) is 9.72 Å². The largest absolute Gasteiger partial charge is 0.390 e. The normalized spacial score (nSPS) is 9.89. The maximum absolute atomic E-state index is 11.9. The Labute approximate surface area is 108 Å². The number of ether oxygens (including phenoxy) is 1. The summed E-state index contributed by atoms with van der Waals surface area (Å²) in [6.07, 6.45) is 0. The maximum atomic E-state index is 11.9. The molecule has 0 saturated carbocycles. The van der Waals surface area contributed by atoms with Crippen molar-refractivity contribution in [2.75, 3.05) is 5.73 Å². The second-order valence-electron chi connectivity index (χ2n) is 3.76. The number of esters is 2. The first-order valence-corrected chi connectivity index (χ1v) is 5.35. The SMILES string of the molecule is CC(=O)OC(=O)c1c(C#N)c(N)nc2ccccc12. The molecule has 0 bridgehead atoms. The summed E-state index contributed by atoms with van der Waals surface area (Å²) in [6.45, 7) is 1.11. The number of fused-ring (bicyclic) bond motifs is 1. The molecule has 1 heterocycles. The standard InChI is InChI=1S/C13H9N3O3/c1-7(17)19-13(18)11-8-4-2-3-5-10(8)16-12(15)9(11)6-14/h2-5H,1H3,(H2,15,16). The van der Waals surface area contributed by atoms with E-state index in [4.69, 9.17) is 11.0 Å². The molecule has 2 rings (SSSR count). The average Bonchev–Trinajstić information content (AvgIpc) is 2.36. The van der Waals surface area contributed by atoms with E-state index in [1.54, 1.807) is 24.3 Å². The number of rotatable bonds is 1. The zero-order chi connectivity index (χ0) is 14.0. The monoisotopic (exact) mass is 255 g/mol. The number of nitrogen functional groups attached to an aromatic ring is 1. The lowest BCUT2D eigenvalue weighted by atomic mass is 10.0. The van der Waals surface area contributed by atoms with Crippen LogP contribution in [-0.2, 0) is 9.53 Å². The quantitative estimate of drug-likeness (QED) is 0.609. The molecule has 19 heavy (non-hydrogen) atoms. The van der Waals surface area contributed by atoms with Gasteiger partial charge >= 0.3 is 11.9 Å². The number of nitrogens with two attached hydrogens (primary N) is 1. The van der Waals surface area contributed by atoms with Gasteiger partial charge in [-0.2, -0.15) is 5.26 Å². The Balaban J connectivity index is 2.78. The lowest BCUT2D eigenvalue weighted by molar-refractivity contribution is -0.135. The Morgan fingerprint density at radius 3 is 2.68 bits per heavy atom. The van der Waals surface area contributed by atoms with E-state index in [1.165, 1.54) is 0 Å². The van der Waals surface area contributed by atoms with E-state index in [9.17, 15) is 9.59 Å². The highest BCUT2D eigenvalue weighted by molar-refractivity contribution is 6.09. The third kappa shape index (κ3) is 2.21. The number of nitriles is 1. The minimum atomic E-state index is -0.908. The van der Waals surface area contributed by atoms with Gasteiger partial charge in [-0.15, -0.1) is 0 Å². The molecular formula is C13H9N3O3. The van der Waals surface area contributed by atoms with Crippen LogP contribution >= 0.6 is 0 Å². The van der Waals surface area contributed by atoms with Gasteiger partial charge in [-0.3, -0.25) is 4.79 Å². The Bertz CT molecular complexity index is 732. The zero-order valence-corrected chi connectivity index (χ0v) is 10.0. The van der Waals surface area contributed by atoms with Crippen molar-refractivity contribution in [2.24, 2.45) is 0 Å². The minimum absolute atomic E-state index is 0.0409. The van der Waals surface area contributed by atoms with Gasteiger partial charge in [-0.1, -0.05) is 18.2 Å². The minimum Gasteiger partial charge on any atom is -0.390 e. The first-order valence-electron chi connectivity index (χ1n) is 5.35. The van der Waals surface area contributed by atoms with Gasteiger partial charge in [0, 0.05) is 12.3 Å². The fourth-order valence-corrected chi connectivity index (χ4v) is 1.74. The van der Waals surface area contributed by atoms with E-state index < -0.39 is 11.9 Å². The number of benzene rings is 1. The molecule has 2 aromatic rings. The molecule has 0 radical (unpaired) electrons. The Morgan fingerprint density at radius 1 is 1.37 bits per heavy atom. The predicted octanol–water partition coefficient (Wildman–Crippen LogP) is 1.39. The second kappa shape index (κ2) is 4.74. The van der Waals surface area contributed by atoms with Crippen LogP contribution in [0.2, 0.25) is 0 Å². The second-order valence-corrected chi connectivity index (χ2v) is 3.76. The zero-order valence-electron chi connectivity index (χ0n) is 10.0. The fourth-order valence-electron chi connectivity index (χ4n) is 1.74. The highest BCUT2D eigenvalue weighted by atomic mass is 16.6. The third-order valence-electron chi connectivity index (χ3n) is 2.47. The van der Waals surface area contributed by atoms with E-state index in [0.717, 1.165) is 6.92 Å². The Kier molecular flexibility index (Phi) is 3.12. The molecule has 1 aromatic carbocycles. The summed E-state index contributed by atoms with van der Waals surface area (Å²) in [6, 6.07) is 8.48. The molecule has 0 atom stereocenters. The van der Waals surface area contributed by atoms with Crippen molar-refractivity contribution in [3.63, 3.8) is 0 Å². The molecular weight excluding hydrogens is 246 g/mol. The van der Waals surface area contributed by atoms with E-state index in [-0.39, 0.29) is 16.9 Å². The summed E-state index contributed by atoms with van der Waals surface area (Å²) < 4.78 is 4.53. The van der Waals surface area contributed by atoms with Crippen LogP contribution in [0.3, 0.4) is 0 Å². The molecule has 6 nitrogen and oxygen atoms in total. The summed E-state index contributed by atoms with van der Waals surface area (Å²) >= 11 is 0. The van der Waals surface area contributed by atoms with Crippen LogP contribution in [0.15, 0.2) is 24.3 Å². The first kappa shape index (κ1) is 12.5. The average molecular weight is 255 g/mol. The van der Waals surface area contributed by atoms with Crippen molar-refractivity contribution in [2.45, 2.75) is 6.92 Å². The molecule has 2 N–H and O–H groups in total. The number of hydrogen-bond acceptors (Lipinski definition) is 6. The smallest absolute Gasteiger partial charge is 0.347 e. The topological polar surface area (TPSA) is 106 Å². The van der Waals surface area contributed by atoms with Gasteiger partial charge < -0.3 is 10.5 Å². The fraction of sp³-hybridized carbons (Fsp3) is 0.0769. The highest BCUT2D eigenvalue weighted by Crippen LogP contribution is 2.25. The van der Waals surface area contributed by atoms with Crippen LogP contribution in [0.4, 0.5) is 5.82 Å². The van der Waals surface area contributed by atoms with Crippen LogP contribution in [0.25, 0.3) is 10.9 Å².